The molecule has 0 aliphatic rings. The van der Waals surface area contributed by atoms with Crippen LogP contribution in [0.1, 0.15) is 19.0 Å². The number of ether oxygens (including phenoxy) is 1. The number of nitrogens with two attached hydrogens (primary N) is 1. The van der Waals surface area contributed by atoms with Crippen molar-refractivity contribution in [2.75, 3.05) is 6.61 Å². The van der Waals surface area contributed by atoms with E-state index in [9.17, 15) is 0 Å². The van der Waals surface area contributed by atoms with Crippen LogP contribution in [0.5, 0.6) is 0 Å². The number of rotatable bonds is 6. The van der Waals surface area contributed by atoms with Gasteiger partial charge >= 0.3 is 0 Å². The average molecular weight is 223 g/mol. The SMILES string of the molecule is CCC(OCCc1ccccn1)C(N)=NO. The second-order valence-corrected chi connectivity index (χ2v) is 3.36. The van der Waals surface area contributed by atoms with Crippen LogP contribution < -0.4 is 5.73 Å². The number of aromatic nitrogens is 1. The Bertz CT molecular complexity index is 327. The van der Waals surface area contributed by atoms with Crippen LogP contribution in [-0.2, 0) is 11.2 Å². The smallest absolute Gasteiger partial charge is 0.168 e. The van der Waals surface area contributed by atoms with E-state index in [1.54, 1.807) is 6.20 Å². The second kappa shape index (κ2) is 6.79. The van der Waals surface area contributed by atoms with E-state index in [0.29, 0.717) is 13.0 Å². The summed E-state index contributed by atoms with van der Waals surface area (Å²) in [5, 5.41) is 11.5. The molecule has 1 atom stereocenters. The third-order valence-electron chi connectivity index (χ3n) is 2.22. The van der Waals surface area contributed by atoms with Crippen molar-refractivity contribution in [2.24, 2.45) is 10.9 Å². The quantitative estimate of drug-likeness (QED) is 0.328. The van der Waals surface area contributed by atoms with Crippen molar-refractivity contribution >= 4 is 5.84 Å². The fraction of sp³-hybridized carbons (Fsp3) is 0.455. The van der Waals surface area contributed by atoms with Gasteiger partial charge in [-0.05, 0) is 18.6 Å². The van der Waals surface area contributed by atoms with Crippen molar-refractivity contribution in [1.29, 1.82) is 0 Å². The number of pyridine rings is 1. The first-order chi connectivity index (χ1) is 7.77. The Morgan fingerprint density at radius 2 is 2.44 bits per heavy atom. The van der Waals surface area contributed by atoms with Gasteiger partial charge in [-0.1, -0.05) is 18.1 Å². The van der Waals surface area contributed by atoms with Crippen LogP contribution in [0.15, 0.2) is 29.6 Å². The molecule has 16 heavy (non-hydrogen) atoms. The van der Waals surface area contributed by atoms with Crippen LogP contribution in [0, 0.1) is 0 Å². The molecule has 0 aromatic carbocycles. The van der Waals surface area contributed by atoms with Gasteiger partial charge in [0.1, 0.15) is 6.10 Å². The van der Waals surface area contributed by atoms with Crippen molar-refractivity contribution in [1.82, 2.24) is 4.98 Å². The third kappa shape index (κ3) is 3.86. The first-order valence-electron chi connectivity index (χ1n) is 5.26. The van der Waals surface area contributed by atoms with E-state index < -0.39 is 0 Å². The van der Waals surface area contributed by atoms with Crippen LogP contribution in [-0.4, -0.2) is 28.7 Å². The maximum absolute atomic E-state index is 8.52. The van der Waals surface area contributed by atoms with Gasteiger partial charge in [0.2, 0.25) is 0 Å². The molecule has 0 saturated heterocycles. The summed E-state index contributed by atoms with van der Waals surface area (Å²) >= 11 is 0. The fourth-order valence-corrected chi connectivity index (χ4v) is 1.33. The average Bonchev–Trinajstić information content (AvgIpc) is 2.35. The molecule has 0 aliphatic heterocycles. The Kier molecular flexibility index (Phi) is 5.28. The summed E-state index contributed by atoms with van der Waals surface area (Å²) in [6.45, 7) is 2.43. The molecule has 0 saturated carbocycles. The molecule has 0 spiro atoms. The van der Waals surface area contributed by atoms with Gasteiger partial charge in [0.25, 0.3) is 0 Å². The first kappa shape index (κ1) is 12.4. The van der Waals surface area contributed by atoms with Gasteiger partial charge in [-0.2, -0.15) is 0 Å². The zero-order chi connectivity index (χ0) is 11.8. The molecule has 0 amide bonds. The summed E-state index contributed by atoms with van der Waals surface area (Å²) in [7, 11) is 0. The lowest BCUT2D eigenvalue weighted by Gasteiger charge is -2.13. The van der Waals surface area contributed by atoms with Crippen molar-refractivity contribution in [3.8, 4) is 0 Å². The Labute approximate surface area is 94.9 Å². The lowest BCUT2D eigenvalue weighted by Crippen LogP contribution is -2.31. The molecule has 1 aromatic heterocycles. The predicted molar refractivity (Wildman–Crippen MR) is 61.4 cm³/mol. The molecule has 1 unspecified atom stereocenters. The van der Waals surface area contributed by atoms with E-state index in [4.69, 9.17) is 15.7 Å². The molecular formula is C11H17N3O2. The molecule has 1 heterocycles. The minimum absolute atomic E-state index is 0.114. The zero-order valence-corrected chi connectivity index (χ0v) is 9.34. The maximum atomic E-state index is 8.52. The monoisotopic (exact) mass is 223 g/mol. The summed E-state index contributed by atoms with van der Waals surface area (Å²) in [5.41, 5.74) is 6.44. The molecule has 1 aromatic rings. The Hall–Kier alpha value is -1.62. The molecule has 88 valence electrons. The topological polar surface area (TPSA) is 80.7 Å². The van der Waals surface area contributed by atoms with Crippen molar-refractivity contribution in [3.63, 3.8) is 0 Å². The molecule has 5 heteroatoms. The predicted octanol–water partition coefficient (Wildman–Crippen LogP) is 1.17. The van der Waals surface area contributed by atoms with E-state index >= 15 is 0 Å². The fourth-order valence-electron chi connectivity index (χ4n) is 1.33. The molecule has 0 bridgehead atoms. The largest absolute Gasteiger partial charge is 0.409 e. The highest BCUT2D eigenvalue weighted by Gasteiger charge is 2.11. The molecule has 0 fully saturated rings. The van der Waals surface area contributed by atoms with Crippen LogP contribution in [0.2, 0.25) is 0 Å². The van der Waals surface area contributed by atoms with Gasteiger partial charge in [-0.25, -0.2) is 0 Å². The van der Waals surface area contributed by atoms with Crippen LogP contribution >= 0.6 is 0 Å². The first-order valence-corrected chi connectivity index (χ1v) is 5.26. The van der Waals surface area contributed by atoms with Gasteiger partial charge in [0.15, 0.2) is 5.84 Å². The van der Waals surface area contributed by atoms with Gasteiger partial charge in [-0.3, -0.25) is 4.98 Å². The Balaban J connectivity index is 2.34. The normalized spacial score (nSPS) is 13.7. The van der Waals surface area contributed by atoms with E-state index in [1.165, 1.54) is 0 Å². The van der Waals surface area contributed by atoms with E-state index in [-0.39, 0.29) is 11.9 Å². The van der Waals surface area contributed by atoms with Crippen molar-refractivity contribution in [3.05, 3.63) is 30.1 Å². The van der Waals surface area contributed by atoms with Gasteiger partial charge in [-0.15, -0.1) is 0 Å². The number of oxime groups is 1. The summed E-state index contributed by atoms with van der Waals surface area (Å²) in [5.74, 6) is 0.114. The van der Waals surface area contributed by atoms with Crippen molar-refractivity contribution in [2.45, 2.75) is 25.9 Å². The van der Waals surface area contributed by atoms with E-state index in [1.807, 2.05) is 25.1 Å². The molecule has 0 radical (unpaired) electrons. The van der Waals surface area contributed by atoms with E-state index in [0.717, 1.165) is 12.1 Å². The second-order valence-electron chi connectivity index (χ2n) is 3.36. The van der Waals surface area contributed by atoms with Crippen LogP contribution in [0.3, 0.4) is 0 Å². The summed E-state index contributed by atoms with van der Waals surface area (Å²) in [6, 6.07) is 5.74. The van der Waals surface area contributed by atoms with Gasteiger partial charge < -0.3 is 15.7 Å². The number of nitrogens with zero attached hydrogens (tertiary/aromatic N) is 2. The number of amidine groups is 1. The molecule has 1 rings (SSSR count). The lowest BCUT2D eigenvalue weighted by atomic mass is 10.2. The zero-order valence-electron chi connectivity index (χ0n) is 9.34. The lowest BCUT2D eigenvalue weighted by molar-refractivity contribution is 0.0939. The highest BCUT2D eigenvalue weighted by Crippen LogP contribution is 2.01. The minimum atomic E-state index is -0.325. The van der Waals surface area contributed by atoms with E-state index in [2.05, 4.69) is 10.1 Å². The standard InChI is InChI=1S/C11H17N3O2/c1-2-10(11(12)14-15)16-8-6-9-5-3-4-7-13-9/h3-5,7,10,15H,2,6,8H2,1H3,(H2,12,14). The summed E-state index contributed by atoms with van der Waals surface area (Å²) in [6.07, 6.45) is 2.82. The minimum Gasteiger partial charge on any atom is -0.409 e. The molecule has 5 nitrogen and oxygen atoms in total. The summed E-state index contributed by atoms with van der Waals surface area (Å²) in [4.78, 5) is 4.18. The maximum Gasteiger partial charge on any atom is 0.168 e. The molecular weight excluding hydrogens is 206 g/mol. The number of hydrogen-bond donors (Lipinski definition) is 2. The molecule has 3 N–H and O–H groups in total. The Morgan fingerprint density at radius 3 is 3.00 bits per heavy atom. The number of hydrogen-bond acceptors (Lipinski definition) is 4. The van der Waals surface area contributed by atoms with Gasteiger partial charge in [0.05, 0.1) is 6.61 Å². The summed E-state index contributed by atoms with van der Waals surface area (Å²) < 4.78 is 5.49. The van der Waals surface area contributed by atoms with Gasteiger partial charge in [0, 0.05) is 18.3 Å². The Morgan fingerprint density at radius 1 is 1.62 bits per heavy atom. The molecule has 0 aliphatic carbocycles. The van der Waals surface area contributed by atoms with Crippen LogP contribution in [0.4, 0.5) is 0 Å². The third-order valence-corrected chi connectivity index (χ3v) is 2.22. The highest BCUT2D eigenvalue weighted by atomic mass is 16.5. The highest BCUT2D eigenvalue weighted by molar-refractivity contribution is 5.84. The van der Waals surface area contributed by atoms with Crippen LogP contribution in [0.25, 0.3) is 0 Å². The van der Waals surface area contributed by atoms with Crippen molar-refractivity contribution < 1.29 is 9.94 Å².